The summed E-state index contributed by atoms with van der Waals surface area (Å²) in [5.41, 5.74) is 0.699. The Balaban J connectivity index is 1.82. The highest BCUT2D eigenvalue weighted by Crippen LogP contribution is 2.20. The van der Waals surface area contributed by atoms with E-state index in [2.05, 4.69) is 10.3 Å². The van der Waals surface area contributed by atoms with Crippen LogP contribution in [-0.4, -0.2) is 47.0 Å². The van der Waals surface area contributed by atoms with Gasteiger partial charge in [0, 0.05) is 18.4 Å². The number of methoxy groups -OCH3 is 1. The Kier molecular flexibility index (Phi) is 7.23. The normalized spacial score (nSPS) is 13.2. The van der Waals surface area contributed by atoms with E-state index in [1.165, 1.54) is 18.9 Å². The number of carbonyl (C=O) groups is 2. The molecule has 0 aliphatic rings. The third-order valence-electron chi connectivity index (χ3n) is 3.50. The Labute approximate surface area is 156 Å². The van der Waals surface area contributed by atoms with Crippen LogP contribution in [0, 0.1) is 0 Å². The van der Waals surface area contributed by atoms with Gasteiger partial charge in [-0.2, -0.15) is 0 Å². The molecule has 0 saturated heterocycles. The molecule has 1 aromatic heterocycles. The molecule has 2 N–H and O–H groups in total. The van der Waals surface area contributed by atoms with Crippen LogP contribution in [0.25, 0.3) is 11.5 Å². The molecule has 1 heterocycles. The van der Waals surface area contributed by atoms with Crippen LogP contribution in [0.15, 0.2) is 41.0 Å². The predicted molar refractivity (Wildman–Crippen MR) is 98.8 cm³/mol. The first-order valence-corrected chi connectivity index (χ1v) is 9.16. The van der Waals surface area contributed by atoms with E-state index in [-0.39, 0.29) is 24.7 Å². The first-order valence-electron chi connectivity index (χ1n) is 8.01. The van der Waals surface area contributed by atoms with Gasteiger partial charge in [0.2, 0.25) is 11.8 Å². The van der Waals surface area contributed by atoms with Crippen LogP contribution >= 0.6 is 11.8 Å². The molecule has 8 heteroatoms. The zero-order chi connectivity index (χ0) is 19.0. The van der Waals surface area contributed by atoms with Gasteiger partial charge >= 0.3 is 5.97 Å². The summed E-state index contributed by atoms with van der Waals surface area (Å²) >= 11 is 1.38. The molecular weight excluding hydrogens is 356 g/mol. The number of nitrogens with zero attached hydrogens (tertiary/aromatic N) is 1. The van der Waals surface area contributed by atoms with Gasteiger partial charge in [0.1, 0.15) is 6.26 Å². The Morgan fingerprint density at radius 1 is 1.35 bits per heavy atom. The molecule has 7 nitrogen and oxygen atoms in total. The molecule has 0 fully saturated rings. The first kappa shape index (κ1) is 20.0. The quantitative estimate of drug-likeness (QED) is 0.655. The number of thioether (sulfide) groups is 1. The van der Waals surface area contributed by atoms with Gasteiger partial charge in [-0.05, 0) is 19.1 Å². The summed E-state index contributed by atoms with van der Waals surface area (Å²) in [6.45, 7) is 1.77. The van der Waals surface area contributed by atoms with E-state index in [0.717, 1.165) is 11.3 Å². The van der Waals surface area contributed by atoms with Crippen LogP contribution in [0.4, 0.5) is 0 Å². The monoisotopic (exact) mass is 378 g/mol. The van der Waals surface area contributed by atoms with E-state index in [0.29, 0.717) is 11.6 Å². The average molecular weight is 378 g/mol. The highest BCUT2D eigenvalue weighted by atomic mass is 32.2. The van der Waals surface area contributed by atoms with Gasteiger partial charge in [0.05, 0.1) is 30.0 Å². The van der Waals surface area contributed by atoms with Crippen molar-refractivity contribution < 1.29 is 23.8 Å². The second-order valence-corrected chi connectivity index (χ2v) is 7.10. The van der Waals surface area contributed by atoms with E-state index >= 15 is 0 Å². The lowest BCUT2D eigenvalue weighted by Gasteiger charge is -2.28. The van der Waals surface area contributed by atoms with E-state index < -0.39 is 11.5 Å². The Bertz CT molecular complexity index is 734. The van der Waals surface area contributed by atoms with Gasteiger partial charge in [0.15, 0.2) is 0 Å². The molecule has 0 bridgehead atoms. The molecule has 0 radical (unpaired) electrons. The number of hydrogen-bond donors (Lipinski definition) is 2. The van der Waals surface area contributed by atoms with Gasteiger partial charge in [-0.1, -0.05) is 18.2 Å². The fraction of sp³-hybridized carbons (Fsp3) is 0.389. The number of carboxylic acid groups (broad SMARTS) is 1. The molecular formula is C18H22N2O5S. The zero-order valence-electron chi connectivity index (χ0n) is 14.7. The van der Waals surface area contributed by atoms with Crippen LogP contribution in [0.5, 0.6) is 0 Å². The molecule has 140 valence electrons. The second-order valence-electron chi connectivity index (χ2n) is 6.12. The number of amides is 1. The summed E-state index contributed by atoms with van der Waals surface area (Å²) < 4.78 is 10.5. The van der Waals surface area contributed by atoms with Crippen molar-refractivity contribution in [2.75, 3.05) is 19.5 Å². The highest BCUT2D eigenvalue weighted by Gasteiger charge is 2.29. The van der Waals surface area contributed by atoms with Gasteiger partial charge in [-0.15, -0.1) is 11.8 Å². The van der Waals surface area contributed by atoms with Crippen LogP contribution in [0.2, 0.25) is 0 Å². The summed E-state index contributed by atoms with van der Waals surface area (Å²) in [5, 5.41) is 11.7. The lowest BCUT2D eigenvalue weighted by molar-refractivity contribution is -0.139. The molecule has 0 saturated carbocycles. The molecule has 1 unspecified atom stereocenters. The third-order valence-corrected chi connectivity index (χ3v) is 4.47. The maximum atomic E-state index is 12.1. The Morgan fingerprint density at radius 3 is 2.73 bits per heavy atom. The van der Waals surface area contributed by atoms with E-state index in [1.54, 1.807) is 13.2 Å². The number of rotatable bonds is 10. The average Bonchev–Trinajstić information content (AvgIpc) is 3.03. The third kappa shape index (κ3) is 6.20. The number of nitrogens with one attached hydrogen (secondary N) is 1. The van der Waals surface area contributed by atoms with E-state index in [9.17, 15) is 9.59 Å². The van der Waals surface area contributed by atoms with Crippen LogP contribution in [0.1, 0.15) is 19.0 Å². The molecule has 2 aromatic rings. The SMILES string of the molecule is COCC(C)(CC(=O)O)NC(=O)CSCc1coc(-c2ccccc2)n1. The molecule has 1 amide bonds. The summed E-state index contributed by atoms with van der Waals surface area (Å²) in [7, 11) is 1.47. The van der Waals surface area contributed by atoms with Crippen molar-refractivity contribution in [2.24, 2.45) is 0 Å². The van der Waals surface area contributed by atoms with Crippen molar-refractivity contribution in [3.05, 3.63) is 42.3 Å². The van der Waals surface area contributed by atoms with Crippen molar-refractivity contribution in [3.63, 3.8) is 0 Å². The summed E-state index contributed by atoms with van der Waals surface area (Å²) in [5.74, 6) is 0.00625. The second kappa shape index (κ2) is 9.40. The van der Waals surface area contributed by atoms with Crippen LogP contribution in [-0.2, 0) is 20.1 Å². The number of benzene rings is 1. The zero-order valence-corrected chi connectivity index (χ0v) is 15.5. The van der Waals surface area contributed by atoms with Gasteiger partial charge in [0.25, 0.3) is 0 Å². The minimum absolute atomic E-state index is 0.124. The highest BCUT2D eigenvalue weighted by molar-refractivity contribution is 7.99. The lowest BCUT2D eigenvalue weighted by atomic mass is 9.99. The maximum absolute atomic E-state index is 12.1. The van der Waals surface area contributed by atoms with Crippen LogP contribution < -0.4 is 5.32 Å². The molecule has 0 aliphatic carbocycles. The van der Waals surface area contributed by atoms with Gasteiger partial charge in [-0.3, -0.25) is 9.59 Å². The number of ether oxygens (including phenoxy) is 1. The minimum Gasteiger partial charge on any atom is -0.481 e. The first-order chi connectivity index (χ1) is 12.4. The number of hydrogen-bond acceptors (Lipinski definition) is 6. The van der Waals surface area contributed by atoms with Crippen molar-refractivity contribution >= 4 is 23.6 Å². The topological polar surface area (TPSA) is 102 Å². The molecule has 1 atom stereocenters. The van der Waals surface area contributed by atoms with Crippen molar-refractivity contribution in [1.29, 1.82) is 0 Å². The van der Waals surface area contributed by atoms with Crippen molar-refractivity contribution in [1.82, 2.24) is 10.3 Å². The van der Waals surface area contributed by atoms with Crippen molar-refractivity contribution in [3.8, 4) is 11.5 Å². The summed E-state index contributed by atoms with van der Waals surface area (Å²) in [4.78, 5) is 27.5. The minimum atomic E-state index is -0.992. The summed E-state index contributed by atoms with van der Waals surface area (Å²) in [6.07, 6.45) is 1.37. The fourth-order valence-corrected chi connectivity index (χ4v) is 3.19. The number of aliphatic carboxylic acids is 1. The van der Waals surface area contributed by atoms with Gasteiger partial charge < -0.3 is 19.6 Å². The van der Waals surface area contributed by atoms with Gasteiger partial charge in [-0.25, -0.2) is 4.98 Å². The lowest BCUT2D eigenvalue weighted by Crippen LogP contribution is -2.51. The van der Waals surface area contributed by atoms with E-state index in [4.69, 9.17) is 14.3 Å². The van der Waals surface area contributed by atoms with E-state index in [1.807, 2.05) is 30.3 Å². The van der Waals surface area contributed by atoms with Crippen LogP contribution in [0.3, 0.4) is 0 Å². The maximum Gasteiger partial charge on any atom is 0.305 e. The fourth-order valence-electron chi connectivity index (χ4n) is 2.49. The predicted octanol–water partition coefficient (Wildman–Crippen LogP) is 2.57. The molecule has 0 aliphatic heterocycles. The molecule has 2 rings (SSSR count). The molecule has 1 aromatic carbocycles. The molecule has 26 heavy (non-hydrogen) atoms. The van der Waals surface area contributed by atoms with Crippen molar-refractivity contribution in [2.45, 2.75) is 24.6 Å². The summed E-state index contributed by atoms with van der Waals surface area (Å²) in [6, 6.07) is 9.56. The Morgan fingerprint density at radius 2 is 2.08 bits per heavy atom. The number of carboxylic acids is 1. The molecule has 0 spiro atoms. The number of aromatic nitrogens is 1. The standard InChI is InChI=1S/C18H22N2O5S/c1-18(12-24-2,8-16(22)23)20-15(21)11-26-10-14-9-25-17(19-14)13-6-4-3-5-7-13/h3-7,9H,8,10-12H2,1-2H3,(H,20,21)(H,22,23). The Hall–Kier alpha value is -2.32. The number of carbonyl (C=O) groups excluding carboxylic acids is 1. The smallest absolute Gasteiger partial charge is 0.305 e. The largest absolute Gasteiger partial charge is 0.481 e. The number of oxazole rings is 1.